The third-order valence-electron chi connectivity index (χ3n) is 2.48. The van der Waals surface area contributed by atoms with Gasteiger partial charge < -0.3 is 20.3 Å². The molecule has 0 unspecified atom stereocenters. The van der Waals surface area contributed by atoms with Gasteiger partial charge in [-0.2, -0.15) is 0 Å². The summed E-state index contributed by atoms with van der Waals surface area (Å²) in [5.41, 5.74) is 6.55. The van der Waals surface area contributed by atoms with Crippen molar-refractivity contribution < 1.29 is 19.4 Å². The van der Waals surface area contributed by atoms with E-state index in [0.29, 0.717) is 22.8 Å². The molecule has 0 saturated carbocycles. The summed E-state index contributed by atoms with van der Waals surface area (Å²) >= 11 is 0.946. The Hall–Kier alpha value is -2.28. The van der Waals surface area contributed by atoms with Gasteiger partial charge in [-0.15, -0.1) is 0 Å². The molecular formula is C11H8N2O4S. The largest absolute Gasteiger partial charge is 0.477 e. The number of nitrogens with two attached hydrogens (primary N) is 1. The minimum absolute atomic E-state index is 0.117. The highest BCUT2D eigenvalue weighted by atomic mass is 32.1. The topological polar surface area (TPSA) is 94.7 Å². The number of aromatic nitrogens is 1. The second-order valence-electron chi connectivity index (χ2n) is 3.60. The lowest BCUT2D eigenvalue weighted by Crippen LogP contribution is -1.95. The second kappa shape index (κ2) is 3.88. The number of ether oxygens (including phenoxy) is 2. The number of hydrogen-bond acceptors (Lipinski definition) is 6. The van der Waals surface area contributed by atoms with Crippen molar-refractivity contribution in [2.45, 2.75) is 0 Å². The van der Waals surface area contributed by atoms with Crippen LogP contribution in [-0.2, 0) is 0 Å². The Morgan fingerprint density at radius 1 is 1.39 bits per heavy atom. The summed E-state index contributed by atoms with van der Waals surface area (Å²) in [6.07, 6.45) is 0. The lowest BCUT2D eigenvalue weighted by atomic mass is 10.1. The van der Waals surface area contributed by atoms with Gasteiger partial charge >= 0.3 is 5.97 Å². The van der Waals surface area contributed by atoms with Crippen molar-refractivity contribution in [2.24, 2.45) is 0 Å². The molecule has 6 nitrogen and oxygen atoms in total. The molecule has 0 aliphatic carbocycles. The van der Waals surface area contributed by atoms with Gasteiger partial charge in [0, 0.05) is 5.56 Å². The van der Waals surface area contributed by atoms with Crippen molar-refractivity contribution in [3.63, 3.8) is 0 Å². The summed E-state index contributed by atoms with van der Waals surface area (Å²) in [7, 11) is 0. The van der Waals surface area contributed by atoms with Gasteiger partial charge in [-0.3, -0.25) is 0 Å². The maximum absolute atomic E-state index is 11.1. The zero-order valence-corrected chi connectivity index (χ0v) is 9.86. The monoisotopic (exact) mass is 264 g/mol. The number of carbonyl (C=O) groups is 1. The molecule has 92 valence electrons. The molecule has 2 aromatic rings. The van der Waals surface area contributed by atoms with Gasteiger partial charge in [0.2, 0.25) is 6.79 Å². The Balaban J connectivity index is 2.12. The molecule has 1 aliphatic heterocycles. The van der Waals surface area contributed by atoms with Crippen molar-refractivity contribution >= 4 is 22.4 Å². The number of fused-ring (bicyclic) bond motifs is 1. The van der Waals surface area contributed by atoms with Crippen molar-refractivity contribution in [1.82, 2.24) is 4.98 Å². The molecule has 0 fully saturated rings. The highest BCUT2D eigenvalue weighted by molar-refractivity contribution is 7.17. The van der Waals surface area contributed by atoms with Crippen LogP contribution in [0.15, 0.2) is 18.2 Å². The minimum atomic E-state index is -1.04. The van der Waals surface area contributed by atoms with E-state index in [1.165, 1.54) is 0 Å². The second-order valence-corrected chi connectivity index (χ2v) is 4.63. The molecule has 7 heteroatoms. The Morgan fingerprint density at radius 2 is 2.17 bits per heavy atom. The molecule has 18 heavy (non-hydrogen) atoms. The van der Waals surface area contributed by atoms with Gasteiger partial charge in [0.25, 0.3) is 0 Å². The SMILES string of the molecule is Nc1nc(-c2ccc3c(c2)OCO3)c(C(=O)O)s1. The first kappa shape index (κ1) is 10.8. The smallest absolute Gasteiger partial charge is 0.348 e. The molecule has 1 aromatic carbocycles. The normalized spacial score (nSPS) is 12.7. The molecule has 0 saturated heterocycles. The molecule has 1 aliphatic rings. The molecular weight excluding hydrogens is 256 g/mol. The molecule has 0 amide bonds. The number of carboxylic acids is 1. The van der Waals surface area contributed by atoms with E-state index in [-0.39, 0.29) is 16.8 Å². The number of nitrogen functional groups attached to an aromatic ring is 1. The first-order valence-corrected chi connectivity index (χ1v) is 5.86. The van der Waals surface area contributed by atoms with E-state index in [1.807, 2.05) is 0 Å². The lowest BCUT2D eigenvalue weighted by molar-refractivity contribution is 0.0702. The van der Waals surface area contributed by atoms with E-state index in [9.17, 15) is 4.79 Å². The number of thiazole rings is 1. The number of aromatic carboxylic acids is 1. The minimum Gasteiger partial charge on any atom is -0.477 e. The van der Waals surface area contributed by atoms with Crippen LogP contribution in [0.3, 0.4) is 0 Å². The van der Waals surface area contributed by atoms with Crippen LogP contribution in [0, 0.1) is 0 Å². The molecule has 0 spiro atoms. The molecule has 0 bridgehead atoms. The van der Waals surface area contributed by atoms with Crippen molar-refractivity contribution in [1.29, 1.82) is 0 Å². The average Bonchev–Trinajstić information content (AvgIpc) is 2.93. The number of hydrogen-bond donors (Lipinski definition) is 2. The van der Waals surface area contributed by atoms with Gasteiger partial charge in [-0.05, 0) is 18.2 Å². The van der Waals surface area contributed by atoms with Gasteiger partial charge in [-0.25, -0.2) is 9.78 Å². The summed E-state index contributed by atoms with van der Waals surface area (Å²) in [6.45, 7) is 0.170. The van der Waals surface area contributed by atoms with Crippen LogP contribution in [0.5, 0.6) is 11.5 Å². The highest BCUT2D eigenvalue weighted by Gasteiger charge is 2.20. The van der Waals surface area contributed by atoms with Crippen LogP contribution in [-0.4, -0.2) is 22.9 Å². The standard InChI is InChI=1S/C11H8N2O4S/c12-11-13-8(9(18-11)10(14)15)5-1-2-6-7(3-5)17-4-16-6/h1-3H,4H2,(H2,12,13)(H,14,15). The Bertz CT molecular complexity index is 638. The van der Waals surface area contributed by atoms with E-state index in [4.69, 9.17) is 20.3 Å². The van der Waals surface area contributed by atoms with Crippen molar-refractivity contribution in [2.75, 3.05) is 12.5 Å². The Kier molecular flexibility index (Phi) is 2.34. The highest BCUT2D eigenvalue weighted by Crippen LogP contribution is 2.38. The first-order chi connectivity index (χ1) is 8.65. The zero-order chi connectivity index (χ0) is 12.7. The summed E-state index contributed by atoms with van der Waals surface area (Å²) in [5, 5.41) is 9.31. The zero-order valence-electron chi connectivity index (χ0n) is 9.04. The predicted molar refractivity (Wildman–Crippen MR) is 65.0 cm³/mol. The van der Waals surface area contributed by atoms with Crippen LogP contribution in [0.25, 0.3) is 11.3 Å². The van der Waals surface area contributed by atoms with Crippen LogP contribution >= 0.6 is 11.3 Å². The maximum Gasteiger partial charge on any atom is 0.348 e. The fraction of sp³-hybridized carbons (Fsp3) is 0.0909. The number of carboxylic acid groups (broad SMARTS) is 1. The van der Waals surface area contributed by atoms with Crippen molar-refractivity contribution in [3.05, 3.63) is 23.1 Å². The van der Waals surface area contributed by atoms with Crippen LogP contribution in [0.2, 0.25) is 0 Å². The van der Waals surface area contributed by atoms with E-state index in [1.54, 1.807) is 18.2 Å². The van der Waals surface area contributed by atoms with Gasteiger partial charge in [0.15, 0.2) is 16.6 Å². The third-order valence-corrected chi connectivity index (χ3v) is 3.36. The number of nitrogens with zero attached hydrogens (tertiary/aromatic N) is 1. The summed E-state index contributed by atoms with van der Waals surface area (Å²) < 4.78 is 10.4. The van der Waals surface area contributed by atoms with E-state index >= 15 is 0 Å². The molecule has 3 N–H and O–H groups in total. The van der Waals surface area contributed by atoms with E-state index < -0.39 is 5.97 Å². The third kappa shape index (κ3) is 1.65. The fourth-order valence-corrected chi connectivity index (χ4v) is 2.41. The Morgan fingerprint density at radius 3 is 2.94 bits per heavy atom. The van der Waals surface area contributed by atoms with Crippen LogP contribution in [0.1, 0.15) is 9.67 Å². The molecule has 2 heterocycles. The van der Waals surface area contributed by atoms with Gasteiger partial charge in [0.05, 0.1) is 5.69 Å². The molecule has 0 radical (unpaired) electrons. The quantitative estimate of drug-likeness (QED) is 0.859. The van der Waals surface area contributed by atoms with Gasteiger partial charge in [-0.1, -0.05) is 11.3 Å². The maximum atomic E-state index is 11.1. The first-order valence-electron chi connectivity index (χ1n) is 5.05. The van der Waals surface area contributed by atoms with Crippen LogP contribution in [0.4, 0.5) is 5.13 Å². The predicted octanol–water partition coefficient (Wildman–Crippen LogP) is 1.82. The summed E-state index contributed by atoms with van der Waals surface area (Å²) in [4.78, 5) is 15.3. The average molecular weight is 264 g/mol. The van der Waals surface area contributed by atoms with E-state index in [2.05, 4.69) is 4.98 Å². The van der Waals surface area contributed by atoms with Gasteiger partial charge in [0.1, 0.15) is 4.88 Å². The molecule has 0 atom stereocenters. The summed E-state index contributed by atoms with van der Waals surface area (Å²) in [5.74, 6) is 0.172. The van der Waals surface area contributed by atoms with Crippen molar-refractivity contribution in [3.8, 4) is 22.8 Å². The molecule has 1 aromatic heterocycles. The fourth-order valence-electron chi connectivity index (χ4n) is 1.72. The number of anilines is 1. The lowest BCUT2D eigenvalue weighted by Gasteiger charge is -2.01. The summed E-state index contributed by atoms with van der Waals surface area (Å²) in [6, 6.07) is 5.15. The number of rotatable bonds is 2. The number of benzene rings is 1. The Labute approximate surface area is 106 Å². The van der Waals surface area contributed by atoms with Crippen LogP contribution < -0.4 is 15.2 Å². The molecule has 3 rings (SSSR count). The van der Waals surface area contributed by atoms with E-state index in [0.717, 1.165) is 11.3 Å².